The maximum absolute atomic E-state index is 9.64. The third-order valence-corrected chi connectivity index (χ3v) is 0.553. The molecule has 0 aliphatic heterocycles. The topological polar surface area (TPSA) is 127 Å². The van der Waals surface area contributed by atoms with E-state index < -0.39 is 31.0 Å². The Balaban J connectivity index is 0. The zero-order valence-corrected chi connectivity index (χ0v) is 7.87. The van der Waals surface area contributed by atoms with Crippen molar-refractivity contribution in [3.8, 4) is 0 Å². The molecule has 0 aromatic heterocycles. The van der Waals surface area contributed by atoms with Gasteiger partial charge in [0.05, 0.1) is 12.8 Å². The molecule has 0 radical (unpaired) electrons. The van der Waals surface area contributed by atoms with Gasteiger partial charge in [-0.15, -0.1) is 0 Å². The molecule has 0 atom stereocenters. The molecule has 0 spiro atoms. The number of aliphatic carboxylic acids is 2. The van der Waals surface area contributed by atoms with Crippen molar-refractivity contribution in [1.82, 2.24) is 0 Å². The molecule has 0 aliphatic carbocycles. The molecule has 11 heavy (non-hydrogen) atoms. The zero-order valence-electron chi connectivity index (χ0n) is 5.60. The normalized spacial score (nSPS) is 8.18. The van der Waals surface area contributed by atoms with Gasteiger partial charge >= 0.3 is 39.6 Å². The predicted molar refractivity (Wildman–Crippen MR) is 32.9 cm³/mol. The molecule has 70 valence electrons. The Morgan fingerprint density at radius 2 is 1.27 bits per heavy atom. The van der Waals surface area contributed by atoms with Crippen molar-refractivity contribution in [3.05, 3.63) is 0 Å². The van der Waals surface area contributed by atoms with Crippen LogP contribution in [0.4, 0.5) is 0 Å². The van der Waals surface area contributed by atoms with Gasteiger partial charge in [0.25, 0.3) is 0 Å². The molecule has 6 N–H and O–H groups in total. The Morgan fingerprint density at radius 3 is 1.36 bits per heavy atom. The van der Waals surface area contributed by atoms with Gasteiger partial charge in [0.1, 0.15) is 0 Å². The standard InChI is InChI=1S/C4H6O4.2H2N.Pt/c5-3(6)1-2-4(7)8;;;/h1-2H2,(H,5,6)(H,7,8);2*1H2;/q;2*-1;+2. The molecule has 0 fully saturated rings. The monoisotopic (exact) mass is 345 g/mol. The van der Waals surface area contributed by atoms with E-state index in [0.29, 0.717) is 0 Å². The van der Waals surface area contributed by atoms with E-state index in [1.54, 1.807) is 0 Å². The van der Waals surface area contributed by atoms with E-state index in [0.717, 1.165) is 0 Å². The van der Waals surface area contributed by atoms with Crippen LogP contribution in [0.5, 0.6) is 0 Å². The third-order valence-electron chi connectivity index (χ3n) is 0.553. The summed E-state index contributed by atoms with van der Waals surface area (Å²) in [4.78, 5) is 19.3. The molecule has 0 bridgehead atoms. The van der Waals surface area contributed by atoms with Crippen molar-refractivity contribution in [2.24, 2.45) is 8.58 Å². The van der Waals surface area contributed by atoms with Crippen molar-refractivity contribution >= 4 is 11.9 Å². The van der Waals surface area contributed by atoms with Crippen LogP contribution in [0, 0.1) is 0 Å². The molecule has 6 nitrogen and oxygen atoms in total. The third kappa shape index (κ3) is 26.3. The first kappa shape index (κ1) is 13.2. The van der Waals surface area contributed by atoms with Crippen LogP contribution in [0.3, 0.4) is 0 Å². The van der Waals surface area contributed by atoms with E-state index in [1.807, 2.05) is 0 Å². The summed E-state index contributed by atoms with van der Waals surface area (Å²) in [6.45, 7) is 0. The molecule has 0 amide bonds. The van der Waals surface area contributed by atoms with E-state index in [9.17, 15) is 9.59 Å². The summed E-state index contributed by atoms with van der Waals surface area (Å²) in [6, 6.07) is 0. The van der Waals surface area contributed by atoms with E-state index in [1.165, 1.54) is 0 Å². The molecule has 0 heterocycles. The van der Waals surface area contributed by atoms with Crippen molar-refractivity contribution < 1.29 is 38.9 Å². The summed E-state index contributed by atoms with van der Waals surface area (Å²) in [5.41, 5.74) is 0. The second-order valence-corrected chi connectivity index (χ2v) is 2.15. The van der Waals surface area contributed by atoms with Crippen LogP contribution in [-0.4, -0.2) is 22.2 Å². The van der Waals surface area contributed by atoms with E-state index in [2.05, 4.69) is 0 Å². The number of carbonyl (C=O) groups is 2. The van der Waals surface area contributed by atoms with Gasteiger partial charge in [0.15, 0.2) is 0 Å². The molecule has 0 aromatic rings. The first-order valence-corrected chi connectivity index (χ1v) is 5.05. The molecule has 0 unspecified atom stereocenters. The number of carboxylic acid groups (broad SMARTS) is 2. The molecule has 0 aromatic carbocycles. The molecule has 0 saturated carbocycles. The summed E-state index contributed by atoms with van der Waals surface area (Å²) in [7, 11) is 0. The molecule has 0 aliphatic rings. The SMILES string of the molecule is O=C(O)CCC(=O)O.[NH2][Pt][NH2]. The predicted octanol–water partition coefficient (Wildman–Crippen LogP) is -1.25. The molecular weight excluding hydrogens is 335 g/mol. The number of nitrogens with two attached hydrogens (primary N) is 2. The number of hydrogen-bond donors (Lipinski definition) is 4. The average Bonchev–Trinajstić information content (AvgIpc) is 1.85. The maximum atomic E-state index is 9.64. The fourth-order valence-electron chi connectivity index (χ4n) is 0.214. The van der Waals surface area contributed by atoms with Gasteiger partial charge in [-0.25, -0.2) is 0 Å². The van der Waals surface area contributed by atoms with Crippen LogP contribution in [0.2, 0.25) is 0 Å². The van der Waals surface area contributed by atoms with Gasteiger partial charge in [-0.2, -0.15) is 0 Å². The summed E-state index contributed by atoms with van der Waals surface area (Å²) in [6.07, 6.45) is -0.593. The first-order valence-electron chi connectivity index (χ1n) is 2.43. The molecule has 0 saturated heterocycles. The fourth-order valence-corrected chi connectivity index (χ4v) is 0.214. The summed E-state index contributed by atoms with van der Waals surface area (Å²) in [5, 5.41) is 15.8. The second kappa shape index (κ2) is 9.55. The second-order valence-electron chi connectivity index (χ2n) is 1.39. The summed E-state index contributed by atoms with van der Waals surface area (Å²) in [5.74, 6) is -2.15. The summed E-state index contributed by atoms with van der Waals surface area (Å²) >= 11 is -0.417. The van der Waals surface area contributed by atoms with Gasteiger partial charge in [0, 0.05) is 0 Å². The van der Waals surface area contributed by atoms with Gasteiger partial charge < -0.3 is 10.2 Å². The Morgan fingerprint density at radius 1 is 1.09 bits per heavy atom. The minimum atomic E-state index is -1.08. The molecule has 7 heteroatoms. The van der Waals surface area contributed by atoms with Crippen LogP contribution in [-0.2, 0) is 28.7 Å². The number of rotatable bonds is 3. The Bertz CT molecular complexity index is 115. The van der Waals surface area contributed by atoms with Crippen LogP contribution in [0.25, 0.3) is 0 Å². The van der Waals surface area contributed by atoms with Gasteiger partial charge in [0.2, 0.25) is 0 Å². The van der Waals surface area contributed by atoms with Crippen LogP contribution >= 0.6 is 0 Å². The Kier molecular flexibility index (Phi) is 11.4. The van der Waals surface area contributed by atoms with E-state index >= 15 is 0 Å². The van der Waals surface area contributed by atoms with Crippen LogP contribution in [0.15, 0.2) is 0 Å². The van der Waals surface area contributed by atoms with Crippen molar-refractivity contribution in [2.75, 3.05) is 0 Å². The van der Waals surface area contributed by atoms with Gasteiger partial charge in [-0.1, -0.05) is 0 Å². The first-order chi connectivity index (χ1) is 5.04. The zero-order chi connectivity index (χ0) is 9.28. The van der Waals surface area contributed by atoms with Crippen LogP contribution in [0.1, 0.15) is 12.8 Å². The van der Waals surface area contributed by atoms with Crippen molar-refractivity contribution in [1.29, 1.82) is 0 Å². The number of carboxylic acids is 2. The van der Waals surface area contributed by atoms with Gasteiger partial charge in [-0.3, -0.25) is 9.59 Å². The van der Waals surface area contributed by atoms with E-state index in [4.69, 9.17) is 18.8 Å². The molecule has 0 rings (SSSR count). The minimum absolute atomic E-state index is 0.296. The average molecular weight is 345 g/mol. The summed E-state index contributed by atoms with van der Waals surface area (Å²) < 4.78 is 9.47. The van der Waals surface area contributed by atoms with Crippen LogP contribution < -0.4 is 8.58 Å². The fraction of sp³-hybridized carbons (Fsp3) is 0.500. The van der Waals surface area contributed by atoms with Gasteiger partial charge in [-0.05, 0) is 0 Å². The van der Waals surface area contributed by atoms with Crippen molar-refractivity contribution in [3.63, 3.8) is 0 Å². The van der Waals surface area contributed by atoms with Crippen molar-refractivity contribution in [2.45, 2.75) is 12.8 Å². The van der Waals surface area contributed by atoms with E-state index in [-0.39, 0.29) is 12.8 Å². The Hall–Kier alpha value is -0.452. The quantitative estimate of drug-likeness (QED) is 0.506. The Labute approximate surface area is 72.7 Å². The molecular formula is C4H10N2O4Pt. The number of hydrogen-bond acceptors (Lipinski definition) is 4.